The van der Waals surface area contributed by atoms with Gasteiger partial charge < -0.3 is 10.0 Å². The van der Waals surface area contributed by atoms with Gasteiger partial charge in [0.05, 0.1) is 10.0 Å². The predicted octanol–water partition coefficient (Wildman–Crippen LogP) is 3.59. The van der Waals surface area contributed by atoms with Gasteiger partial charge in [0.15, 0.2) is 0 Å². The molecule has 0 radical (unpaired) electrons. The fourth-order valence-electron chi connectivity index (χ4n) is 3.72. The number of carbonyl (C=O) groups is 1. The Morgan fingerprint density at radius 1 is 1.36 bits per heavy atom. The zero-order valence-electron chi connectivity index (χ0n) is 13.4. The van der Waals surface area contributed by atoms with Crippen LogP contribution in [0, 0.1) is 0 Å². The zero-order valence-corrected chi connectivity index (χ0v) is 14.9. The molecule has 1 aromatic carbocycles. The molecule has 4 rings (SSSR count). The number of carbonyl (C=O) groups excluding carboxylic acids is 1. The molecule has 4 nitrogen and oxygen atoms in total. The zero-order chi connectivity index (χ0) is 17.6. The summed E-state index contributed by atoms with van der Waals surface area (Å²) in [4.78, 5) is 17.8. The van der Waals surface area contributed by atoms with Crippen molar-refractivity contribution in [2.45, 2.75) is 12.8 Å². The molecule has 6 heteroatoms. The van der Waals surface area contributed by atoms with Gasteiger partial charge in [0, 0.05) is 31.0 Å². The van der Waals surface area contributed by atoms with E-state index in [0.717, 1.165) is 40.7 Å². The largest absolute Gasteiger partial charge is 0.387 e. The molecule has 2 aliphatic rings. The highest BCUT2D eigenvalue weighted by Gasteiger charge is 2.33. The first-order chi connectivity index (χ1) is 12.1. The summed E-state index contributed by atoms with van der Waals surface area (Å²) >= 11 is 12.9. The van der Waals surface area contributed by atoms with Gasteiger partial charge in [-0.15, -0.1) is 0 Å². The van der Waals surface area contributed by atoms with Crippen molar-refractivity contribution in [2.75, 3.05) is 19.7 Å². The number of pyridine rings is 1. The number of nitrogens with zero attached hydrogens (tertiary/aromatic N) is 2. The van der Waals surface area contributed by atoms with E-state index in [4.69, 9.17) is 23.2 Å². The van der Waals surface area contributed by atoms with E-state index in [1.54, 1.807) is 17.3 Å². The summed E-state index contributed by atoms with van der Waals surface area (Å²) in [5.41, 5.74) is 6.47. The van der Waals surface area contributed by atoms with E-state index in [1.165, 1.54) is 5.57 Å². The second kappa shape index (κ2) is 6.45. The minimum atomic E-state index is -0.466. The van der Waals surface area contributed by atoms with Gasteiger partial charge >= 0.3 is 0 Å². The molecule has 0 fully saturated rings. The van der Waals surface area contributed by atoms with Crippen molar-refractivity contribution >= 4 is 34.7 Å². The number of aromatic nitrogens is 1. The molecule has 0 unspecified atom stereocenters. The molecular weight excluding hydrogens is 359 g/mol. The second-order valence-electron chi connectivity index (χ2n) is 6.30. The molecule has 2 heterocycles. The lowest BCUT2D eigenvalue weighted by atomic mass is 9.93. The molecule has 128 valence electrons. The maximum atomic E-state index is 11.9. The number of amides is 1. The highest BCUT2D eigenvalue weighted by Crippen LogP contribution is 2.47. The van der Waals surface area contributed by atoms with Gasteiger partial charge in [-0.2, -0.15) is 0 Å². The third-order valence-electron chi connectivity index (χ3n) is 4.93. The Balaban J connectivity index is 1.87. The summed E-state index contributed by atoms with van der Waals surface area (Å²) in [5, 5.41) is 10.3. The Morgan fingerprint density at radius 2 is 2.20 bits per heavy atom. The SMILES string of the molecule is O=C(CO)N1CCC2=C(C1)c1c(-c3cccnc3)cc(Cl)c(Cl)c1C2. The number of aliphatic hydroxyl groups is 1. The molecule has 1 aliphatic carbocycles. The fraction of sp³-hybridized carbons (Fsp3) is 0.263. The van der Waals surface area contributed by atoms with Crippen LogP contribution in [0.3, 0.4) is 0 Å². The normalized spacial score (nSPS) is 16.0. The van der Waals surface area contributed by atoms with Crippen LogP contribution in [0.1, 0.15) is 17.5 Å². The quantitative estimate of drug-likeness (QED) is 0.873. The van der Waals surface area contributed by atoms with Crippen molar-refractivity contribution in [1.82, 2.24) is 9.88 Å². The Bertz CT molecular complexity index is 894. The summed E-state index contributed by atoms with van der Waals surface area (Å²) < 4.78 is 0. The van der Waals surface area contributed by atoms with E-state index < -0.39 is 6.61 Å². The maximum absolute atomic E-state index is 11.9. The van der Waals surface area contributed by atoms with Crippen LogP contribution in [-0.4, -0.2) is 40.6 Å². The van der Waals surface area contributed by atoms with Gasteiger partial charge in [0.2, 0.25) is 5.91 Å². The Kier molecular flexibility index (Phi) is 4.28. The Morgan fingerprint density at radius 3 is 2.92 bits per heavy atom. The molecular formula is C19H16Cl2N2O2. The van der Waals surface area contributed by atoms with Crippen LogP contribution < -0.4 is 0 Å². The molecule has 2 aromatic rings. The van der Waals surface area contributed by atoms with Gasteiger partial charge in [0.25, 0.3) is 0 Å². The first kappa shape index (κ1) is 16.6. The van der Waals surface area contributed by atoms with E-state index in [0.29, 0.717) is 23.1 Å². The molecule has 1 N–H and O–H groups in total. The molecule has 25 heavy (non-hydrogen) atoms. The summed E-state index contributed by atoms with van der Waals surface area (Å²) in [5.74, 6) is -0.247. The highest BCUT2D eigenvalue weighted by atomic mass is 35.5. The van der Waals surface area contributed by atoms with E-state index in [9.17, 15) is 9.90 Å². The smallest absolute Gasteiger partial charge is 0.248 e. The van der Waals surface area contributed by atoms with Crippen molar-refractivity contribution in [2.24, 2.45) is 0 Å². The summed E-state index contributed by atoms with van der Waals surface area (Å²) in [6, 6.07) is 5.75. The topological polar surface area (TPSA) is 53.4 Å². The van der Waals surface area contributed by atoms with Crippen LogP contribution in [0.25, 0.3) is 16.7 Å². The molecule has 1 aromatic heterocycles. The molecule has 0 saturated carbocycles. The summed E-state index contributed by atoms with van der Waals surface area (Å²) in [7, 11) is 0. The number of hydrogen-bond donors (Lipinski definition) is 1. The number of halogens is 2. The Labute approximate surface area is 155 Å². The van der Waals surface area contributed by atoms with Gasteiger partial charge in [0.1, 0.15) is 6.61 Å². The van der Waals surface area contributed by atoms with Crippen LogP contribution >= 0.6 is 23.2 Å². The molecule has 0 saturated heterocycles. The van der Waals surface area contributed by atoms with Gasteiger partial charge in [-0.25, -0.2) is 0 Å². The Hall–Kier alpha value is -1.88. The number of rotatable bonds is 2. The van der Waals surface area contributed by atoms with Crippen LogP contribution in [0.2, 0.25) is 10.0 Å². The number of aliphatic hydroxyl groups excluding tert-OH is 1. The average molecular weight is 375 g/mol. The van der Waals surface area contributed by atoms with E-state index >= 15 is 0 Å². The van der Waals surface area contributed by atoms with Crippen molar-refractivity contribution in [3.8, 4) is 11.1 Å². The second-order valence-corrected chi connectivity index (χ2v) is 7.08. The van der Waals surface area contributed by atoms with E-state index in [2.05, 4.69) is 4.98 Å². The average Bonchev–Trinajstić information content (AvgIpc) is 3.03. The van der Waals surface area contributed by atoms with Crippen LogP contribution in [0.4, 0.5) is 0 Å². The minimum Gasteiger partial charge on any atom is -0.387 e. The molecule has 0 spiro atoms. The lowest BCUT2D eigenvalue weighted by molar-refractivity contribution is -0.133. The van der Waals surface area contributed by atoms with Gasteiger partial charge in [-0.05, 0) is 47.2 Å². The first-order valence-corrected chi connectivity index (χ1v) is 8.87. The van der Waals surface area contributed by atoms with Crippen LogP contribution in [0.15, 0.2) is 36.2 Å². The molecule has 0 bridgehead atoms. The molecule has 1 aliphatic heterocycles. The maximum Gasteiger partial charge on any atom is 0.248 e. The third kappa shape index (κ3) is 2.74. The summed E-state index contributed by atoms with van der Waals surface area (Å²) in [6.07, 6.45) is 5.08. The number of fused-ring (bicyclic) bond motifs is 2. The number of benzene rings is 1. The minimum absolute atomic E-state index is 0.247. The fourth-order valence-corrected chi connectivity index (χ4v) is 4.16. The van der Waals surface area contributed by atoms with Crippen molar-refractivity contribution in [1.29, 1.82) is 0 Å². The van der Waals surface area contributed by atoms with Crippen LogP contribution in [0.5, 0.6) is 0 Å². The predicted molar refractivity (Wildman–Crippen MR) is 98.6 cm³/mol. The molecule has 1 amide bonds. The standard InChI is InChI=1S/C19H16Cl2N2O2/c20-16-7-13(12-2-1-4-22-8-12)18-14(19(16)21)6-11-3-5-23(9-15(11)18)17(25)10-24/h1-2,4,7-8,24H,3,5-6,9-10H2. The van der Waals surface area contributed by atoms with Crippen LogP contribution in [-0.2, 0) is 11.2 Å². The monoisotopic (exact) mass is 374 g/mol. The molecule has 0 atom stereocenters. The van der Waals surface area contributed by atoms with E-state index in [-0.39, 0.29) is 5.91 Å². The van der Waals surface area contributed by atoms with Gasteiger partial charge in [-0.3, -0.25) is 9.78 Å². The van der Waals surface area contributed by atoms with Gasteiger partial charge in [-0.1, -0.05) is 34.8 Å². The third-order valence-corrected chi connectivity index (χ3v) is 5.76. The number of hydrogen-bond acceptors (Lipinski definition) is 3. The lowest BCUT2D eigenvalue weighted by Gasteiger charge is -2.29. The van der Waals surface area contributed by atoms with E-state index in [1.807, 2.05) is 18.2 Å². The highest BCUT2D eigenvalue weighted by molar-refractivity contribution is 6.43. The summed E-state index contributed by atoms with van der Waals surface area (Å²) in [6.45, 7) is 0.652. The van der Waals surface area contributed by atoms with Crippen molar-refractivity contribution < 1.29 is 9.90 Å². The van der Waals surface area contributed by atoms with Crippen molar-refractivity contribution in [3.05, 3.63) is 57.3 Å². The van der Waals surface area contributed by atoms with Crippen molar-refractivity contribution in [3.63, 3.8) is 0 Å². The first-order valence-electron chi connectivity index (χ1n) is 8.11. The lowest BCUT2D eigenvalue weighted by Crippen LogP contribution is -2.37.